The lowest BCUT2D eigenvalue weighted by Gasteiger charge is -2.16. The van der Waals surface area contributed by atoms with Gasteiger partial charge in [-0.25, -0.2) is 4.98 Å². The second-order valence-electron chi connectivity index (χ2n) is 6.39. The third-order valence-corrected chi connectivity index (χ3v) is 6.17. The number of thiazole rings is 1. The van der Waals surface area contributed by atoms with E-state index in [2.05, 4.69) is 15.3 Å². The molecular formula is C18H16Cl2N4O2S. The summed E-state index contributed by atoms with van der Waals surface area (Å²) in [6.45, 7) is 1.29. The number of aromatic nitrogens is 2. The quantitative estimate of drug-likeness (QED) is 0.672. The Morgan fingerprint density at radius 2 is 2.15 bits per heavy atom. The summed E-state index contributed by atoms with van der Waals surface area (Å²) < 4.78 is 0.451. The molecule has 1 aliphatic rings. The number of H-pyrrole nitrogens is 1. The van der Waals surface area contributed by atoms with Crippen LogP contribution in [0.5, 0.6) is 0 Å². The molecule has 0 aliphatic carbocycles. The number of hydrogen-bond acceptors (Lipinski definition) is 4. The summed E-state index contributed by atoms with van der Waals surface area (Å²) >= 11 is 13.5. The first-order valence-corrected chi connectivity index (χ1v) is 10.0. The van der Waals surface area contributed by atoms with Crippen LogP contribution in [0.1, 0.15) is 21.8 Å². The van der Waals surface area contributed by atoms with Gasteiger partial charge in [0.2, 0.25) is 5.91 Å². The maximum atomic E-state index is 12.8. The molecular weight excluding hydrogens is 407 g/mol. The van der Waals surface area contributed by atoms with Gasteiger partial charge < -0.3 is 15.2 Å². The Bertz CT molecular complexity index is 1020. The second-order valence-corrected chi connectivity index (χ2v) is 8.47. The van der Waals surface area contributed by atoms with Gasteiger partial charge in [-0.1, -0.05) is 41.4 Å². The van der Waals surface area contributed by atoms with Gasteiger partial charge in [-0.05, 0) is 12.5 Å². The van der Waals surface area contributed by atoms with Gasteiger partial charge in [-0.2, -0.15) is 0 Å². The number of carbonyl (C=O) groups excluding carboxylic acids is 2. The molecule has 2 N–H and O–H groups in total. The van der Waals surface area contributed by atoms with Crippen LogP contribution in [0.3, 0.4) is 0 Å². The van der Waals surface area contributed by atoms with Crippen molar-refractivity contribution in [3.63, 3.8) is 0 Å². The topological polar surface area (TPSA) is 78.1 Å². The number of nitrogens with one attached hydrogen (secondary N) is 2. The van der Waals surface area contributed by atoms with Crippen LogP contribution in [0.2, 0.25) is 9.49 Å². The van der Waals surface area contributed by atoms with E-state index in [0.717, 1.165) is 15.8 Å². The van der Waals surface area contributed by atoms with Crippen molar-refractivity contribution in [2.45, 2.75) is 13.0 Å². The fourth-order valence-corrected chi connectivity index (χ4v) is 4.47. The lowest BCUT2D eigenvalue weighted by atomic mass is 10.1. The molecule has 1 saturated heterocycles. The number of benzene rings is 1. The smallest absolute Gasteiger partial charge is 0.271 e. The van der Waals surface area contributed by atoms with Crippen LogP contribution in [0.25, 0.3) is 10.9 Å². The Balaban J connectivity index is 1.40. The van der Waals surface area contributed by atoms with E-state index in [9.17, 15) is 9.59 Å². The normalized spacial score (nSPS) is 16.8. The minimum absolute atomic E-state index is 0.0717. The number of rotatable bonds is 4. The van der Waals surface area contributed by atoms with E-state index >= 15 is 0 Å². The molecule has 6 nitrogen and oxygen atoms in total. The van der Waals surface area contributed by atoms with Crippen LogP contribution in [-0.2, 0) is 11.3 Å². The average molecular weight is 423 g/mol. The average Bonchev–Trinajstić information content (AvgIpc) is 3.39. The molecule has 9 heteroatoms. The van der Waals surface area contributed by atoms with Gasteiger partial charge in [0.05, 0.1) is 17.5 Å². The van der Waals surface area contributed by atoms with Crippen LogP contribution < -0.4 is 5.32 Å². The molecule has 27 heavy (non-hydrogen) atoms. The molecule has 140 valence electrons. The minimum atomic E-state index is -0.236. The zero-order valence-corrected chi connectivity index (χ0v) is 16.5. The molecule has 1 aliphatic heterocycles. The summed E-state index contributed by atoms with van der Waals surface area (Å²) in [5, 5.41) is 4.13. The summed E-state index contributed by atoms with van der Waals surface area (Å²) in [5.74, 6) is -0.487. The molecule has 0 unspecified atom stereocenters. The van der Waals surface area contributed by atoms with Crippen molar-refractivity contribution in [3.8, 4) is 0 Å². The fraction of sp³-hybridized carbons (Fsp3) is 0.278. The Labute approximate surface area is 169 Å². The van der Waals surface area contributed by atoms with E-state index < -0.39 is 0 Å². The summed E-state index contributed by atoms with van der Waals surface area (Å²) in [4.78, 5) is 34.9. The van der Waals surface area contributed by atoms with Crippen LogP contribution >= 0.6 is 34.5 Å². The third-order valence-electron chi connectivity index (χ3n) is 4.67. The number of nitrogens with zero attached hydrogens (tertiary/aromatic N) is 2. The zero-order chi connectivity index (χ0) is 19.0. The SMILES string of the molecule is O=C(NCc1cnc(Cl)s1)[C@H]1CCN(C(=O)c2[nH]c3ccccc3c2Cl)C1. The highest BCUT2D eigenvalue weighted by atomic mass is 35.5. The number of fused-ring (bicyclic) bond motifs is 1. The maximum absolute atomic E-state index is 12.8. The highest BCUT2D eigenvalue weighted by molar-refractivity contribution is 7.15. The number of halogens is 2. The molecule has 1 atom stereocenters. The van der Waals surface area contributed by atoms with Gasteiger partial charge in [0.1, 0.15) is 5.69 Å². The molecule has 1 fully saturated rings. The molecule has 0 saturated carbocycles. The first-order chi connectivity index (χ1) is 13.0. The predicted octanol–water partition coefficient (Wildman–Crippen LogP) is 3.71. The third kappa shape index (κ3) is 3.67. The van der Waals surface area contributed by atoms with E-state index in [4.69, 9.17) is 23.2 Å². The molecule has 2 amide bonds. The van der Waals surface area contributed by atoms with E-state index in [1.54, 1.807) is 11.1 Å². The highest BCUT2D eigenvalue weighted by Crippen LogP contribution is 2.29. The molecule has 4 rings (SSSR count). The summed E-state index contributed by atoms with van der Waals surface area (Å²) in [7, 11) is 0. The van der Waals surface area contributed by atoms with Crippen molar-refractivity contribution in [1.29, 1.82) is 0 Å². The monoisotopic (exact) mass is 422 g/mol. The largest absolute Gasteiger partial charge is 0.351 e. The van der Waals surface area contributed by atoms with Gasteiger partial charge in [0, 0.05) is 35.1 Å². The second kappa shape index (κ2) is 7.50. The van der Waals surface area contributed by atoms with Crippen molar-refractivity contribution in [1.82, 2.24) is 20.2 Å². The Morgan fingerprint density at radius 1 is 1.33 bits per heavy atom. The van der Waals surface area contributed by atoms with E-state index in [0.29, 0.717) is 41.2 Å². The molecule has 3 aromatic rings. The van der Waals surface area contributed by atoms with Gasteiger partial charge >= 0.3 is 0 Å². The van der Waals surface area contributed by atoms with Crippen molar-refractivity contribution in [3.05, 3.63) is 50.5 Å². The van der Waals surface area contributed by atoms with E-state index in [-0.39, 0.29) is 17.7 Å². The number of carbonyl (C=O) groups is 2. The lowest BCUT2D eigenvalue weighted by Crippen LogP contribution is -2.34. The van der Waals surface area contributed by atoms with Crippen molar-refractivity contribution >= 4 is 57.3 Å². The van der Waals surface area contributed by atoms with Crippen LogP contribution in [0.4, 0.5) is 0 Å². The summed E-state index contributed by atoms with van der Waals surface area (Å²) in [6.07, 6.45) is 2.27. The van der Waals surface area contributed by atoms with Gasteiger partial charge in [0.15, 0.2) is 4.47 Å². The minimum Gasteiger partial charge on any atom is -0.351 e. The Hall–Kier alpha value is -2.09. The fourth-order valence-electron chi connectivity index (χ4n) is 3.26. The lowest BCUT2D eigenvalue weighted by molar-refractivity contribution is -0.124. The highest BCUT2D eigenvalue weighted by Gasteiger charge is 2.33. The van der Waals surface area contributed by atoms with Crippen molar-refractivity contribution in [2.24, 2.45) is 5.92 Å². The van der Waals surface area contributed by atoms with Crippen LogP contribution in [-0.4, -0.2) is 39.8 Å². The predicted molar refractivity (Wildman–Crippen MR) is 106 cm³/mol. The van der Waals surface area contributed by atoms with E-state index in [1.165, 1.54) is 11.3 Å². The number of aromatic amines is 1. The zero-order valence-electron chi connectivity index (χ0n) is 14.2. The number of hydrogen-bond donors (Lipinski definition) is 2. The number of para-hydroxylation sites is 1. The van der Waals surface area contributed by atoms with Crippen molar-refractivity contribution < 1.29 is 9.59 Å². The van der Waals surface area contributed by atoms with Crippen molar-refractivity contribution in [2.75, 3.05) is 13.1 Å². The van der Waals surface area contributed by atoms with Gasteiger partial charge in [0.25, 0.3) is 5.91 Å². The van der Waals surface area contributed by atoms with Gasteiger partial charge in [-0.3, -0.25) is 9.59 Å². The first-order valence-electron chi connectivity index (χ1n) is 8.46. The number of amides is 2. The number of likely N-dealkylation sites (tertiary alicyclic amines) is 1. The van der Waals surface area contributed by atoms with Gasteiger partial charge in [-0.15, -0.1) is 11.3 Å². The molecule has 0 radical (unpaired) electrons. The summed E-state index contributed by atoms with van der Waals surface area (Å²) in [6, 6.07) is 7.51. The maximum Gasteiger partial charge on any atom is 0.271 e. The molecule has 0 spiro atoms. The van der Waals surface area contributed by atoms with Crippen LogP contribution in [0.15, 0.2) is 30.5 Å². The Morgan fingerprint density at radius 3 is 2.89 bits per heavy atom. The summed E-state index contributed by atoms with van der Waals surface area (Å²) in [5.41, 5.74) is 1.20. The molecule has 2 aromatic heterocycles. The molecule has 1 aromatic carbocycles. The molecule has 0 bridgehead atoms. The Kier molecular flexibility index (Phi) is 5.08. The van der Waals surface area contributed by atoms with E-state index in [1.807, 2.05) is 24.3 Å². The molecule has 3 heterocycles. The first kappa shape index (κ1) is 18.3. The standard InChI is InChI=1S/C18H16Cl2N4O2S/c19-14-12-3-1-2-4-13(12)23-15(14)17(26)24-6-5-10(9-24)16(25)21-7-11-8-22-18(20)27-11/h1-4,8,10,23H,5-7,9H2,(H,21,25)/t10-/m0/s1. The van der Waals surface area contributed by atoms with Crippen LogP contribution in [0, 0.1) is 5.92 Å².